The van der Waals surface area contributed by atoms with Gasteiger partial charge in [-0.3, -0.25) is 9.59 Å². The van der Waals surface area contributed by atoms with Gasteiger partial charge >= 0.3 is 5.97 Å². The van der Waals surface area contributed by atoms with Crippen LogP contribution in [0.3, 0.4) is 0 Å². The molecule has 1 saturated carbocycles. The lowest BCUT2D eigenvalue weighted by atomic mass is 9.93. The van der Waals surface area contributed by atoms with Crippen LogP contribution in [0.5, 0.6) is 0 Å². The van der Waals surface area contributed by atoms with Crippen molar-refractivity contribution >= 4 is 51.3 Å². The van der Waals surface area contributed by atoms with Gasteiger partial charge < -0.3 is 35.5 Å². The summed E-state index contributed by atoms with van der Waals surface area (Å²) in [5, 5.41) is 15.6. The number of halogens is 1. The van der Waals surface area contributed by atoms with Crippen molar-refractivity contribution in [2.75, 3.05) is 39.4 Å². The second kappa shape index (κ2) is 16.9. The molecule has 10 nitrogen and oxygen atoms in total. The van der Waals surface area contributed by atoms with Gasteiger partial charge in [0, 0.05) is 41.7 Å². The summed E-state index contributed by atoms with van der Waals surface area (Å²) in [6.07, 6.45) is 8.33. The topological polar surface area (TPSA) is 147 Å². The zero-order valence-corrected chi connectivity index (χ0v) is 29.1. The predicted molar refractivity (Wildman–Crippen MR) is 189 cm³/mol. The number of likely N-dealkylation sites (tertiary alicyclic amines) is 1. The van der Waals surface area contributed by atoms with Gasteiger partial charge in [-0.15, -0.1) is 0 Å². The minimum Gasteiger partial charge on any atom is -0.475 e. The van der Waals surface area contributed by atoms with Crippen molar-refractivity contribution in [2.45, 2.75) is 69.4 Å². The molecule has 0 bridgehead atoms. The van der Waals surface area contributed by atoms with Gasteiger partial charge in [-0.05, 0) is 116 Å². The number of aromatic carboxylic acids is 1. The Bertz CT molecular complexity index is 1480. The molecule has 2 aromatic carbocycles. The molecule has 47 heavy (non-hydrogen) atoms. The van der Waals surface area contributed by atoms with Crippen LogP contribution in [-0.2, 0) is 20.7 Å². The fourth-order valence-corrected chi connectivity index (χ4v) is 7.26. The first-order valence-electron chi connectivity index (χ1n) is 16.8. The maximum Gasteiger partial charge on any atom is 0.371 e. The summed E-state index contributed by atoms with van der Waals surface area (Å²) in [6.45, 7) is 5.83. The number of nitrogens with two attached hydrogens (primary N) is 1. The van der Waals surface area contributed by atoms with Crippen LogP contribution in [0, 0.1) is 15.4 Å². The SMILES string of the molecule is NC1(C(=O)N[C@H](Cc2ccccc2)C(=O)NCC2CCN(CC3CCOCC3)CC2)CCCC1.O=C(O)c1cc2cc(I)ccc2o1. The zero-order chi connectivity index (χ0) is 33.2. The maximum atomic E-state index is 13.2. The Balaban J connectivity index is 0.000000277. The molecule has 1 aliphatic carbocycles. The van der Waals surface area contributed by atoms with Crippen molar-refractivity contribution in [1.82, 2.24) is 15.5 Å². The standard InChI is InChI=1S/C27H42N4O3.C9H5IO3/c28-27(12-4-5-13-27)26(33)30-24(18-21-6-2-1-3-7-21)25(32)29-19-22-8-14-31(15-9-22)20-23-10-16-34-17-11-23;10-6-1-2-7-5(3-6)4-8(13-7)9(11)12/h1-3,6-7,22-24H,4-5,8-20,28H2,(H,29,32)(H,30,33);1-4H,(H,11,12)/t24-;/m1./s1. The van der Waals surface area contributed by atoms with Crippen molar-refractivity contribution in [3.05, 3.63) is 69.5 Å². The van der Waals surface area contributed by atoms with E-state index in [1.54, 1.807) is 6.07 Å². The van der Waals surface area contributed by atoms with Crippen molar-refractivity contribution in [2.24, 2.45) is 17.6 Å². The van der Waals surface area contributed by atoms with Gasteiger partial charge in [0.1, 0.15) is 11.6 Å². The number of benzene rings is 2. The smallest absolute Gasteiger partial charge is 0.371 e. The maximum absolute atomic E-state index is 13.2. The third-order valence-corrected chi connectivity index (χ3v) is 10.3. The van der Waals surface area contributed by atoms with Crippen LogP contribution in [0.15, 0.2) is 59.0 Å². The van der Waals surface area contributed by atoms with Gasteiger partial charge in [0.05, 0.1) is 5.54 Å². The number of amides is 2. The monoisotopic (exact) mass is 758 g/mol. The number of furan rings is 1. The highest BCUT2D eigenvalue weighted by Gasteiger charge is 2.39. The number of ether oxygens (including phenoxy) is 1. The van der Waals surface area contributed by atoms with Gasteiger partial charge in [0.15, 0.2) is 0 Å². The Kier molecular flexibility index (Phi) is 12.7. The van der Waals surface area contributed by atoms with E-state index < -0.39 is 17.6 Å². The van der Waals surface area contributed by atoms with Crippen LogP contribution in [0.25, 0.3) is 11.0 Å². The van der Waals surface area contributed by atoms with E-state index >= 15 is 0 Å². The van der Waals surface area contributed by atoms with E-state index in [9.17, 15) is 14.4 Å². The first-order valence-corrected chi connectivity index (χ1v) is 17.9. The number of carbonyl (C=O) groups is 3. The molecule has 254 valence electrons. The minimum atomic E-state index is -1.04. The molecule has 3 fully saturated rings. The Morgan fingerprint density at radius 2 is 1.68 bits per heavy atom. The summed E-state index contributed by atoms with van der Waals surface area (Å²) < 4.78 is 11.6. The van der Waals surface area contributed by atoms with Crippen molar-refractivity contribution in [3.8, 4) is 0 Å². The Hall–Kier alpha value is -3.00. The van der Waals surface area contributed by atoms with E-state index in [1.807, 2.05) is 42.5 Å². The number of fused-ring (bicyclic) bond motifs is 1. The van der Waals surface area contributed by atoms with Crippen LogP contribution < -0.4 is 16.4 Å². The number of carbonyl (C=O) groups excluding carboxylic acids is 2. The summed E-state index contributed by atoms with van der Waals surface area (Å²) in [5.41, 5.74) is 7.16. The Labute approximate surface area is 290 Å². The average Bonchev–Trinajstić information content (AvgIpc) is 3.72. The number of hydrogen-bond donors (Lipinski definition) is 4. The van der Waals surface area contributed by atoms with Crippen LogP contribution in [0.2, 0.25) is 0 Å². The fraction of sp³-hybridized carbons (Fsp3) is 0.528. The third-order valence-electron chi connectivity index (χ3n) is 9.67. The van der Waals surface area contributed by atoms with E-state index in [1.165, 1.54) is 25.5 Å². The molecule has 2 saturated heterocycles. The Morgan fingerprint density at radius 1 is 0.979 bits per heavy atom. The highest BCUT2D eigenvalue weighted by atomic mass is 127. The molecule has 11 heteroatoms. The zero-order valence-electron chi connectivity index (χ0n) is 26.9. The van der Waals surface area contributed by atoms with E-state index in [2.05, 4.69) is 38.1 Å². The molecule has 3 aliphatic rings. The number of piperidine rings is 1. The lowest BCUT2D eigenvalue weighted by molar-refractivity contribution is -0.132. The number of carboxylic acids is 1. The minimum absolute atomic E-state index is 0.0167. The van der Waals surface area contributed by atoms with Crippen LogP contribution >= 0.6 is 22.6 Å². The van der Waals surface area contributed by atoms with Gasteiger partial charge in [-0.2, -0.15) is 0 Å². The highest BCUT2D eigenvalue weighted by molar-refractivity contribution is 14.1. The summed E-state index contributed by atoms with van der Waals surface area (Å²) in [4.78, 5) is 39.3. The number of hydrogen-bond acceptors (Lipinski definition) is 7. The van der Waals surface area contributed by atoms with Crippen LogP contribution in [0.1, 0.15) is 67.5 Å². The molecular formula is C36H47IN4O6. The largest absolute Gasteiger partial charge is 0.475 e. The second-order valence-corrected chi connectivity index (χ2v) is 14.5. The van der Waals surface area contributed by atoms with Gasteiger partial charge in [-0.1, -0.05) is 43.2 Å². The van der Waals surface area contributed by atoms with Crippen LogP contribution in [0.4, 0.5) is 0 Å². The molecule has 5 N–H and O–H groups in total. The highest BCUT2D eigenvalue weighted by Crippen LogP contribution is 2.28. The Morgan fingerprint density at radius 3 is 2.36 bits per heavy atom. The molecular weight excluding hydrogens is 711 g/mol. The summed E-state index contributed by atoms with van der Waals surface area (Å²) in [5.74, 6) is -0.106. The number of nitrogens with one attached hydrogen (secondary N) is 2. The average molecular weight is 759 g/mol. The number of rotatable bonds is 10. The molecule has 0 unspecified atom stereocenters. The summed E-state index contributed by atoms with van der Waals surface area (Å²) in [7, 11) is 0. The van der Waals surface area contributed by atoms with Gasteiger partial charge in [0.2, 0.25) is 17.6 Å². The molecule has 3 aromatic rings. The molecule has 6 rings (SSSR count). The first-order chi connectivity index (χ1) is 22.7. The van der Waals surface area contributed by atoms with E-state index in [-0.39, 0.29) is 17.6 Å². The van der Waals surface area contributed by atoms with Gasteiger partial charge in [0.25, 0.3) is 0 Å². The molecule has 2 aliphatic heterocycles. The van der Waals surface area contributed by atoms with Gasteiger partial charge in [-0.25, -0.2) is 4.79 Å². The molecule has 1 aromatic heterocycles. The van der Waals surface area contributed by atoms with Crippen molar-refractivity contribution in [1.29, 1.82) is 0 Å². The van der Waals surface area contributed by atoms with E-state index in [0.717, 1.165) is 72.4 Å². The van der Waals surface area contributed by atoms with E-state index in [0.29, 0.717) is 37.3 Å². The lowest BCUT2D eigenvalue weighted by Gasteiger charge is -2.35. The molecule has 2 amide bonds. The van der Waals surface area contributed by atoms with Crippen LogP contribution in [-0.4, -0.2) is 78.8 Å². The first kappa shape index (κ1) is 35.3. The second-order valence-electron chi connectivity index (χ2n) is 13.2. The number of nitrogens with zero attached hydrogens (tertiary/aromatic N) is 1. The van der Waals surface area contributed by atoms with Crippen molar-refractivity contribution < 1.29 is 28.6 Å². The molecule has 3 heterocycles. The third kappa shape index (κ3) is 10.2. The number of carboxylic acid groups (broad SMARTS) is 1. The fourth-order valence-electron chi connectivity index (χ4n) is 6.75. The predicted octanol–water partition coefficient (Wildman–Crippen LogP) is 4.98. The molecule has 1 atom stereocenters. The van der Waals surface area contributed by atoms with Crippen molar-refractivity contribution in [3.63, 3.8) is 0 Å². The molecule has 0 spiro atoms. The van der Waals surface area contributed by atoms with E-state index in [4.69, 9.17) is 20.0 Å². The molecule has 0 radical (unpaired) electrons. The summed E-state index contributed by atoms with van der Waals surface area (Å²) in [6, 6.07) is 16.3. The normalized spacial score (nSPS) is 19.4. The summed E-state index contributed by atoms with van der Waals surface area (Å²) >= 11 is 2.17. The quantitative estimate of drug-likeness (QED) is 0.212. The lowest BCUT2D eigenvalue weighted by Crippen LogP contribution is -2.58.